The lowest BCUT2D eigenvalue weighted by Gasteiger charge is -2.23. The van der Waals surface area contributed by atoms with Crippen molar-refractivity contribution in [2.24, 2.45) is 0 Å². The summed E-state index contributed by atoms with van der Waals surface area (Å²) in [6.45, 7) is 6.45. The molecule has 0 aliphatic rings. The zero-order valence-corrected chi connectivity index (χ0v) is 15.3. The van der Waals surface area contributed by atoms with Crippen molar-refractivity contribution in [3.8, 4) is 0 Å². The Morgan fingerprint density at radius 3 is 2.38 bits per heavy atom. The number of hydrogen-bond donors (Lipinski definition) is 2. The van der Waals surface area contributed by atoms with E-state index < -0.39 is 12.2 Å². The molecule has 7 nitrogen and oxygen atoms in total. The third kappa shape index (κ3) is 7.82. The Kier molecular flexibility index (Phi) is 7.03. The van der Waals surface area contributed by atoms with Crippen LogP contribution in [0.5, 0.6) is 0 Å². The quantitative estimate of drug-likeness (QED) is 0.781. The van der Waals surface area contributed by atoms with Gasteiger partial charge < -0.3 is 14.0 Å². The molecule has 0 aromatic heterocycles. The third-order valence-electron chi connectivity index (χ3n) is 3.06. The zero-order chi connectivity index (χ0) is 18.3. The van der Waals surface area contributed by atoms with Gasteiger partial charge in [0.05, 0.1) is 27.2 Å². The minimum absolute atomic E-state index is 0.204. The van der Waals surface area contributed by atoms with E-state index in [4.69, 9.17) is 9.47 Å². The Labute approximate surface area is 143 Å². The van der Waals surface area contributed by atoms with Gasteiger partial charge in [-0.15, -0.1) is 0 Å². The van der Waals surface area contributed by atoms with Crippen LogP contribution in [0, 0.1) is 6.92 Å². The number of rotatable bonds is 6. The number of anilines is 2. The summed E-state index contributed by atoms with van der Waals surface area (Å²) in [6.07, 6.45) is -1.26. The van der Waals surface area contributed by atoms with E-state index in [1.807, 2.05) is 28.1 Å². The molecule has 0 saturated carbocycles. The minimum Gasteiger partial charge on any atom is -0.447 e. The maximum Gasteiger partial charge on any atom is 0.411 e. The molecule has 1 aromatic rings. The highest BCUT2D eigenvalue weighted by Gasteiger charge is 2.12. The van der Waals surface area contributed by atoms with Gasteiger partial charge in [-0.1, -0.05) is 6.07 Å². The van der Waals surface area contributed by atoms with Gasteiger partial charge in [-0.05, 0) is 38.5 Å². The fraction of sp³-hybridized carbons (Fsp3) is 0.529. The highest BCUT2D eigenvalue weighted by molar-refractivity contribution is 5.89. The van der Waals surface area contributed by atoms with E-state index in [0.29, 0.717) is 22.5 Å². The largest absolute Gasteiger partial charge is 0.447 e. The number of amides is 2. The van der Waals surface area contributed by atoms with Crippen molar-refractivity contribution >= 4 is 23.6 Å². The summed E-state index contributed by atoms with van der Waals surface area (Å²) in [7, 11) is 6.07. The van der Waals surface area contributed by atoms with Crippen LogP contribution in [0.1, 0.15) is 19.4 Å². The Morgan fingerprint density at radius 2 is 1.79 bits per heavy atom. The number of likely N-dealkylation sites (N-methyl/N-ethyl adjacent to an activating group) is 1. The number of nitrogens with zero attached hydrogens (tertiary/aromatic N) is 1. The fourth-order valence-electron chi connectivity index (χ4n) is 1.75. The summed E-state index contributed by atoms with van der Waals surface area (Å²) < 4.78 is 10.9. The fourth-order valence-corrected chi connectivity index (χ4v) is 1.75. The van der Waals surface area contributed by atoms with Crippen molar-refractivity contribution in [2.45, 2.75) is 26.9 Å². The SMILES string of the molecule is Cc1ccc(NC(=O)OC(C)C)cc1NC(=O)OCC[N+](C)(C)C. The van der Waals surface area contributed by atoms with Crippen LogP contribution in [0.25, 0.3) is 0 Å². The molecule has 2 N–H and O–H groups in total. The number of quaternary nitrogens is 1. The van der Waals surface area contributed by atoms with E-state index in [0.717, 1.165) is 12.1 Å². The van der Waals surface area contributed by atoms with Crippen LogP contribution in [0.4, 0.5) is 21.0 Å². The van der Waals surface area contributed by atoms with Gasteiger partial charge in [-0.25, -0.2) is 9.59 Å². The molecule has 24 heavy (non-hydrogen) atoms. The molecule has 0 spiro atoms. The molecule has 0 heterocycles. The van der Waals surface area contributed by atoms with Crippen molar-refractivity contribution in [1.82, 2.24) is 0 Å². The molecule has 7 heteroatoms. The molecule has 0 unspecified atom stereocenters. The Bertz CT molecular complexity index is 580. The topological polar surface area (TPSA) is 76.7 Å². The first kappa shape index (κ1) is 19.8. The van der Waals surface area contributed by atoms with E-state index >= 15 is 0 Å². The first-order valence-corrected chi connectivity index (χ1v) is 7.89. The first-order chi connectivity index (χ1) is 11.1. The van der Waals surface area contributed by atoms with Gasteiger partial charge in [0.2, 0.25) is 0 Å². The van der Waals surface area contributed by atoms with E-state index in [1.165, 1.54) is 0 Å². The average Bonchev–Trinajstić information content (AvgIpc) is 2.40. The summed E-state index contributed by atoms with van der Waals surface area (Å²) in [5.74, 6) is 0. The lowest BCUT2D eigenvalue weighted by molar-refractivity contribution is -0.870. The van der Waals surface area contributed by atoms with Crippen LogP contribution in [-0.4, -0.2) is 57.1 Å². The van der Waals surface area contributed by atoms with E-state index in [2.05, 4.69) is 10.6 Å². The monoisotopic (exact) mass is 338 g/mol. The molecule has 2 amide bonds. The smallest absolute Gasteiger partial charge is 0.411 e. The van der Waals surface area contributed by atoms with Crippen LogP contribution in [0.15, 0.2) is 18.2 Å². The van der Waals surface area contributed by atoms with Crippen LogP contribution < -0.4 is 10.6 Å². The van der Waals surface area contributed by atoms with E-state index in [9.17, 15) is 9.59 Å². The maximum atomic E-state index is 11.9. The van der Waals surface area contributed by atoms with Crippen LogP contribution in [0.2, 0.25) is 0 Å². The molecule has 0 aliphatic carbocycles. The van der Waals surface area contributed by atoms with Crippen molar-refractivity contribution in [2.75, 3.05) is 44.9 Å². The predicted octanol–water partition coefficient (Wildman–Crippen LogP) is 3.21. The molecule has 0 aliphatic heterocycles. The molecule has 0 saturated heterocycles. The van der Waals surface area contributed by atoms with Gasteiger partial charge in [-0.2, -0.15) is 0 Å². The molecule has 1 aromatic carbocycles. The van der Waals surface area contributed by atoms with Crippen molar-refractivity contribution in [3.05, 3.63) is 23.8 Å². The lowest BCUT2D eigenvalue weighted by atomic mass is 10.2. The van der Waals surface area contributed by atoms with Gasteiger partial charge >= 0.3 is 12.2 Å². The minimum atomic E-state index is -0.537. The molecule has 1 rings (SSSR count). The Hall–Kier alpha value is -2.28. The number of carbonyl (C=O) groups is 2. The zero-order valence-electron chi connectivity index (χ0n) is 15.3. The molecule has 0 radical (unpaired) electrons. The van der Waals surface area contributed by atoms with Crippen LogP contribution in [-0.2, 0) is 9.47 Å². The Balaban J connectivity index is 2.62. The van der Waals surface area contributed by atoms with Gasteiger partial charge in [0, 0.05) is 11.4 Å². The van der Waals surface area contributed by atoms with Crippen LogP contribution >= 0.6 is 0 Å². The van der Waals surface area contributed by atoms with Crippen molar-refractivity contribution < 1.29 is 23.5 Å². The predicted molar refractivity (Wildman–Crippen MR) is 94.3 cm³/mol. The molecule has 0 bridgehead atoms. The van der Waals surface area contributed by atoms with E-state index in [1.54, 1.807) is 32.0 Å². The number of carbonyl (C=O) groups excluding carboxylic acids is 2. The van der Waals surface area contributed by atoms with Gasteiger partial charge in [0.25, 0.3) is 0 Å². The van der Waals surface area contributed by atoms with Gasteiger partial charge in [-0.3, -0.25) is 10.6 Å². The molecule has 0 fully saturated rings. The first-order valence-electron chi connectivity index (χ1n) is 7.89. The van der Waals surface area contributed by atoms with Gasteiger partial charge in [0.1, 0.15) is 13.2 Å². The van der Waals surface area contributed by atoms with Crippen molar-refractivity contribution in [3.63, 3.8) is 0 Å². The summed E-state index contributed by atoms with van der Waals surface area (Å²) in [6, 6.07) is 5.20. The second kappa shape index (κ2) is 8.54. The van der Waals surface area contributed by atoms with Crippen LogP contribution in [0.3, 0.4) is 0 Å². The second-order valence-corrected chi connectivity index (χ2v) is 6.88. The number of nitrogens with one attached hydrogen (secondary N) is 2. The standard InChI is InChI=1S/C17H27N3O4/c1-12(2)24-17(22)18-14-8-7-13(3)15(11-14)19-16(21)23-10-9-20(4,5)6/h7-8,11-12H,9-10H2,1-6H3,(H-,18,19,21,22)/p+1. The normalized spacial score (nSPS) is 11.1. The summed E-state index contributed by atoms with van der Waals surface area (Å²) >= 11 is 0. The third-order valence-corrected chi connectivity index (χ3v) is 3.06. The highest BCUT2D eigenvalue weighted by atomic mass is 16.6. The lowest BCUT2D eigenvalue weighted by Crippen LogP contribution is -2.38. The highest BCUT2D eigenvalue weighted by Crippen LogP contribution is 2.20. The molecule has 134 valence electrons. The number of aryl methyl sites for hydroxylation is 1. The second-order valence-electron chi connectivity index (χ2n) is 6.88. The maximum absolute atomic E-state index is 11.9. The number of ether oxygens (including phenoxy) is 2. The van der Waals surface area contributed by atoms with E-state index in [-0.39, 0.29) is 6.10 Å². The summed E-state index contributed by atoms with van der Waals surface area (Å²) in [5.41, 5.74) is 1.97. The van der Waals surface area contributed by atoms with Crippen molar-refractivity contribution in [1.29, 1.82) is 0 Å². The van der Waals surface area contributed by atoms with Gasteiger partial charge in [0.15, 0.2) is 0 Å². The summed E-state index contributed by atoms with van der Waals surface area (Å²) in [4.78, 5) is 23.5. The number of benzene rings is 1. The molecule has 0 atom stereocenters. The average molecular weight is 338 g/mol. The summed E-state index contributed by atoms with van der Waals surface area (Å²) in [5, 5.41) is 5.31. The molecular weight excluding hydrogens is 310 g/mol. The molecular formula is C17H28N3O4+. The Morgan fingerprint density at radius 1 is 1.12 bits per heavy atom. The number of hydrogen-bond acceptors (Lipinski definition) is 4.